The number of fused-ring (bicyclic) bond motifs is 6. The number of ether oxygens (including phenoxy) is 2. The zero-order chi connectivity index (χ0) is 33.0. The Morgan fingerprint density at radius 3 is 1.64 bits per heavy atom. The summed E-state index contributed by atoms with van der Waals surface area (Å²) in [6.45, 7) is 3.27. The van der Waals surface area contributed by atoms with E-state index in [4.69, 9.17) is 32.7 Å². The smallest absolute Gasteiger partial charge is 0.308 e. The summed E-state index contributed by atoms with van der Waals surface area (Å²) in [5.74, 6) is -0.763. The van der Waals surface area contributed by atoms with Gasteiger partial charge in [-0.05, 0) is 21.9 Å². The fourth-order valence-electron chi connectivity index (χ4n) is 6.66. The van der Waals surface area contributed by atoms with Crippen molar-refractivity contribution in [3.05, 3.63) is 87.9 Å². The third kappa shape index (κ3) is 5.30. The van der Waals surface area contributed by atoms with Crippen molar-refractivity contribution in [3.63, 3.8) is 0 Å². The third-order valence-electron chi connectivity index (χ3n) is 8.53. The van der Waals surface area contributed by atoms with Crippen molar-refractivity contribution < 1.29 is 28.7 Å². The number of esters is 2. The molecule has 238 valence electrons. The Hall–Kier alpha value is -4.51. The van der Waals surface area contributed by atoms with E-state index in [1.807, 2.05) is 48.5 Å². The number of nitrogens with zero attached hydrogens (tertiary/aromatic N) is 3. The van der Waals surface area contributed by atoms with E-state index in [1.54, 1.807) is 21.9 Å². The van der Waals surface area contributed by atoms with Crippen LogP contribution in [0, 0.1) is 0 Å². The predicted octanol–water partition coefficient (Wildman–Crippen LogP) is 7.27. The van der Waals surface area contributed by atoms with Gasteiger partial charge in [0.15, 0.2) is 5.01 Å². The average Bonchev–Trinajstić information content (AvgIpc) is 3.80. The Morgan fingerprint density at radius 1 is 0.745 bits per heavy atom. The number of thiazole rings is 1. The number of halogens is 2. The molecule has 0 radical (unpaired) electrons. The van der Waals surface area contributed by atoms with Gasteiger partial charge in [0.1, 0.15) is 16.4 Å². The van der Waals surface area contributed by atoms with Gasteiger partial charge in [-0.2, -0.15) is 0 Å². The molecular formula is C35H27Cl2N3O6S. The van der Waals surface area contributed by atoms with Crippen molar-refractivity contribution in [2.24, 2.45) is 0 Å². The lowest BCUT2D eigenvalue weighted by atomic mass is 9.95. The molecule has 0 unspecified atom stereocenters. The van der Waals surface area contributed by atoms with Gasteiger partial charge < -0.3 is 19.3 Å². The summed E-state index contributed by atoms with van der Waals surface area (Å²) >= 11 is 13.8. The van der Waals surface area contributed by atoms with Crippen molar-refractivity contribution in [3.8, 4) is 11.5 Å². The highest BCUT2D eigenvalue weighted by Gasteiger charge is 2.38. The number of benzene rings is 4. The molecule has 0 fully saturated rings. The van der Waals surface area contributed by atoms with Crippen LogP contribution in [0.2, 0.25) is 0 Å². The number of alkyl halides is 2. The van der Waals surface area contributed by atoms with Crippen LogP contribution < -0.4 is 19.3 Å². The number of amides is 2. The molecule has 2 aliphatic heterocycles. The van der Waals surface area contributed by atoms with Gasteiger partial charge in [-0.25, -0.2) is 4.98 Å². The first-order chi connectivity index (χ1) is 22.7. The quantitative estimate of drug-likeness (QED) is 0.105. The molecule has 1 aromatic heterocycles. The van der Waals surface area contributed by atoms with Gasteiger partial charge in [-0.15, -0.1) is 34.5 Å². The molecule has 2 amide bonds. The minimum Gasteiger partial charge on any atom is -0.426 e. The number of rotatable bonds is 6. The number of aromatic nitrogens is 1. The summed E-state index contributed by atoms with van der Waals surface area (Å²) in [7, 11) is 0. The van der Waals surface area contributed by atoms with Gasteiger partial charge in [-0.1, -0.05) is 48.5 Å². The Balaban J connectivity index is 1.24. The van der Waals surface area contributed by atoms with E-state index in [0.717, 1.165) is 44.0 Å². The summed E-state index contributed by atoms with van der Waals surface area (Å²) in [5, 5.41) is 3.33. The first-order valence-electron chi connectivity index (χ1n) is 14.9. The molecule has 2 aliphatic rings. The van der Waals surface area contributed by atoms with Crippen LogP contribution in [-0.2, 0) is 9.59 Å². The maximum absolute atomic E-state index is 14.0. The number of carbonyl (C=O) groups excluding carboxylic acids is 4. The maximum atomic E-state index is 14.0. The minimum atomic E-state index is -0.476. The van der Waals surface area contributed by atoms with Gasteiger partial charge in [0.25, 0.3) is 11.8 Å². The topological polar surface area (TPSA) is 106 Å². The van der Waals surface area contributed by atoms with Crippen LogP contribution in [-0.4, -0.2) is 53.6 Å². The standard InChI is InChI=1S/C35H27Cl2N3O6S/c1-18(41)45-28-11-26-31(24-9-5-3-7-22(24)28)20(13-36)16-39(26)34(43)30-15-38-33(47-30)35(44)40-17-21(14-37)32-25-10-6-4-8-23(25)29(12-27(32)40)46-19(2)42/h3-12,15,20-21H,13-14,16-17H2,1-2H3/t20-,21-/m1/s1. The van der Waals surface area contributed by atoms with Crippen LogP contribution in [0.15, 0.2) is 66.9 Å². The Bertz CT molecular complexity index is 1980. The zero-order valence-corrected chi connectivity index (χ0v) is 27.6. The first kappa shape index (κ1) is 31.1. The Kier molecular flexibility index (Phi) is 8.11. The number of hydrogen-bond donors (Lipinski definition) is 0. The van der Waals surface area contributed by atoms with Crippen LogP contribution >= 0.6 is 34.5 Å². The number of hydrogen-bond acceptors (Lipinski definition) is 8. The molecule has 47 heavy (non-hydrogen) atoms. The van der Waals surface area contributed by atoms with Crippen LogP contribution in [0.1, 0.15) is 56.3 Å². The summed E-state index contributed by atoms with van der Waals surface area (Å²) in [6.07, 6.45) is 1.41. The lowest BCUT2D eigenvalue weighted by Gasteiger charge is -2.18. The fourth-order valence-corrected chi connectivity index (χ4v) is 7.98. The van der Waals surface area contributed by atoms with E-state index < -0.39 is 17.8 Å². The highest BCUT2D eigenvalue weighted by Crippen LogP contribution is 2.48. The molecule has 7 rings (SSSR count). The van der Waals surface area contributed by atoms with Gasteiger partial charge in [-0.3, -0.25) is 19.2 Å². The Labute approximate surface area is 283 Å². The summed E-state index contributed by atoms with van der Waals surface area (Å²) < 4.78 is 11.1. The van der Waals surface area contributed by atoms with Crippen molar-refractivity contribution in [1.82, 2.24) is 4.98 Å². The van der Waals surface area contributed by atoms with Crippen molar-refractivity contribution >= 4 is 91.2 Å². The van der Waals surface area contributed by atoms with E-state index in [-0.39, 0.29) is 39.4 Å². The molecule has 9 nitrogen and oxygen atoms in total. The van der Waals surface area contributed by atoms with Crippen LogP contribution in [0.5, 0.6) is 11.5 Å². The highest BCUT2D eigenvalue weighted by molar-refractivity contribution is 7.15. The van der Waals surface area contributed by atoms with Gasteiger partial charge in [0.05, 0.1) is 17.6 Å². The van der Waals surface area contributed by atoms with Gasteiger partial charge in [0.2, 0.25) is 0 Å². The Morgan fingerprint density at radius 2 is 1.19 bits per heavy atom. The van der Waals surface area contributed by atoms with E-state index in [0.29, 0.717) is 36.0 Å². The van der Waals surface area contributed by atoms with E-state index in [2.05, 4.69) is 4.98 Å². The second-order valence-corrected chi connectivity index (χ2v) is 13.1. The highest BCUT2D eigenvalue weighted by atomic mass is 35.5. The lowest BCUT2D eigenvalue weighted by molar-refractivity contribution is -0.132. The molecule has 2 atom stereocenters. The molecule has 0 N–H and O–H groups in total. The molecular weight excluding hydrogens is 661 g/mol. The zero-order valence-electron chi connectivity index (χ0n) is 25.3. The predicted molar refractivity (Wildman–Crippen MR) is 183 cm³/mol. The molecule has 12 heteroatoms. The van der Waals surface area contributed by atoms with Gasteiger partial charge >= 0.3 is 11.9 Å². The summed E-state index contributed by atoms with van der Waals surface area (Å²) in [6, 6.07) is 18.5. The molecule has 0 saturated heterocycles. The molecule has 0 spiro atoms. The normalized spacial score (nSPS) is 16.8. The number of carbonyl (C=O) groups is 4. The average molecular weight is 689 g/mol. The minimum absolute atomic E-state index is 0.129. The van der Waals surface area contributed by atoms with Crippen LogP contribution in [0.4, 0.5) is 11.4 Å². The molecule has 3 heterocycles. The molecule has 0 aliphatic carbocycles. The van der Waals surface area contributed by atoms with E-state index >= 15 is 0 Å². The second kappa shape index (κ2) is 12.3. The third-order valence-corrected chi connectivity index (χ3v) is 10.2. The van der Waals surface area contributed by atoms with Crippen molar-refractivity contribution in [2.75, 3.05) is 34.6 Å². The maximum Gasteiger partial charge on any atom is 0.308 e. The lowest BCUT2D eigenvalue weighted by Crippen LogP contribution is -2.30. The largest absolute Gasteiger partial charge is 0.426 e. The van der Waals surface area contributed by atoms with Crippen molar-refractivity contribution in [1.29, 1.82) is 0 Å². The van der Waals surface area contributed by atoms with Crippen molar-refractivity contribution in [2.45, 2.75) is 25.7 Å². The van der Waals surface area contributed by atoms with E-state index in [9.17, 15) is 19.2 Å². The summed E-state index contributed by atoms with van der Waals surface area (Å²) in [5.41, 5.74) is 2.98. The SMILES string of the molecule is CC(=O)Oc1cc2c(c3ccccc13)[C@H](CCl)CN2C(=O)c1cnc(C(=O)N2C[C@@H](CCl)c3c2cc(OC(C)=O)c2ccccc32)s1. The fraction of sp³-hybridized carbons (Fsp3) is 0.229. The second-order valence-electron chi connectivity index (χ2n) is 11.5. The van der Waals surface area contributed by atoms with Gasteiger partial charge in [0, 0.05) is 73.4 Å². The monoisotopic (exact) mass is 687 g/mol. The molecule has 4 aromatic carbocycles. The van der Waals surface area contributed by atoms with Crippen LogP contribution in [0.3, 0.4) is 0 Å². The summed E-state index contributed by atoms with van der Waals surface area (Å²) in [4.78, 5) is 59.8. The molecule has 5 aromatic rings. The molecule has 0 bridgehead atoms. The number of anilines is 2. The first-order valence-corrected chi connectivity index (χ1v) is 16.8. The molecule has 0 saturated carbocycles. The van der Waals surface area contributed by atoms with Crippen LogP contribution in [0.25, 0.3) is 21.5 Å². The van der Waals surface area contributed by atoms with E-state index in [1.165, 1.54) is 20.0 Å².